The lowest BCUT2D eigenvalue weighted by atomic mass is 9.88. The van der Waals surface area contributed by atoms with Gasteiger partial charge in [-0.1, -0.05) is 38.8 Å². The summed E-state index contributed by atoms with van der Waals surface area (Å²) in [6.45, 7) is 4.17. The molecule has 1 aliphatic carbocycles. The maximum absolute atomic E-state index is 12.5. The van der Waals surface area contributed by atoms with Crippen molar-refractivity contribution in [2.24, 2.45) is 5.92 Å². The minimum Gasteiger partial charge on any atom is -0.481 e. The fourth-order valence-corrected chi connectivity index (χ4v) is 3.23. The lowest BCUT2D eigenvalue weighted by molar-refractivity contribution is -0.136. The Hall–Kier alpha value is -1.88. The van der Waals surface area contributed by atoms with E-state index in [0.29, 0.717) is 23.6 Å². The standard InChI is InChI=1S/C19H27NO4/c1-3-17(24-16-9-4-6-13(2)10-16)19(23)20-15-8-5-7-14(11-15)12-18(21)22/h5,7-8,11,13,16-17H,3-4,6,9-10,12H2,1-2H3,(H,20,23)(H,21,22). The quantitative estimate of drug-likeness (QED) is 0.799. The molecule has 1 aliphatic rings. The van der Waals surface area contributed by atoms with Gasteiger partial charge in [0.15, 0.2) is 0 Å². The number of nitrogens with one attached hydrogen (secondary N) is 1. The Morgan fingerprint density at radius 1 is 1.38 bits per heavy atom. The van der Waals surface area contributed by atoms with Crippen LogP contribution < -0.4 is 5.32 Å². The van der Waals surface area contributed by atoms with E-state index >= 15 is 0 Å². The second-order valence-electron chi connectivity index (χ2n) is 6.69. The molecule has 3 atom stereocenters. The topological polar surface area (TPSA) is 75.6 Å². The zero-order chi connectivity index (χ0) is 17.5. The number of hydrogen-bond donors (Lipinski definition) is 2. The number of benzene rings is 1. The van der Waals surface area contributed by atoms with Crippen molar-refractivity contribution >= 4 is 17.6 Å². The third-order valence-electron chi connectivity index (χ3n) is 4.46. The van der Waals surface area contributed by atoms with E-state index in [0.717, 1.165) is 19.3 Å². The monoisotopic (exact) mass is 333 g/mol. The van der Waals surface area contributed by atoms with Crippen LogP contribution in [-0.4, -0.2) is 29.2 Å². The van der Waals surface area contributed by atoms with Crippen LogP contribution >= 0.6 is 0 Å². The number of rotatable bonds is 7. The third-order valence-corrected chi connectivity index (χ3v) is 4.46. The molecule has 0 saturated heterocycles. The molecule has 2 N–H and O–H groups in total. The molecule has 0 spiro atoms. The van der Waals surface area contributed by atoms with Crippen LogP contribution in [0.2, 0.25) is 0 Å². The van der Waals surface area contributed by atoms with Crippen molar-refractivity contribution in [3.05, 3.63) is 29.8 Å². The van der Waals surface area contributed by atoms with Crippen molar-refractivity contribution in [3.8, 4) is 0 Å². The first-order chi connectivity index (χ1) is 11.5. The second-order valence-corrected chi connectivity index (χ2v) is 6.69. The Morgan fingerprint density at radius 3 is 2.83 bits per heavy atom. The minimum atomic E-state index is -0.889. The molecule has 0 bridgehead atoms. The van der Waals surface area contributed by atoms with Crippen LogP contribution in [-0.2, 0) is 20.7 Å². The largest absolute Gasteiger partial charge is 0.481 e. The summed E-state index contributed by atoms with van der Waals surface area (Å²) in [7, 11) is 0. The maximum atomic E-state index is 12.5. The summed E-state index contributed by atoms with van der Waals surface area (Å²) in [6, 6.07) is 6.94. The fourth-order valence-electron chi connectivity index (χ4n) is 3.23. The predicted octanol–water partition coefficient (Wildman–Crippen LogP) is 3.63. The molecule has 1 fully saturated rings. The van der Waals surface area contributed by atoms with E-state index in [4.69, 9.17) is 9.84 Å². The predicted molar refractivity (Wildman–Crippen MR) is 93.0 cm³/mol. The van der Waals surface area contributed by atoms with E-state index in [1.807, 2.05) is 6.92 Å². The van der Waals surface area contributed by atoms with E-state index < -0.39 is 12.1 Å². The number of aliphatic carboxylic acids is 1. The van der Waals surface area contributed by atoms with Gasteiger partial charge in [-0.2, -0.15) is 0 Å². The summed E-state index contributed by atoms with van der Waals surface area (Å²) >= 11 is 0. The molecule has 5 nitrogen and oxygen atoms in total. The molecule has 2 rings (SSSR count). The third kappa shape index (κ3) is 5.64. The molecule has 1 aromatic carbocycles. The first-order valence-corrected chi connectivity index (χ1v) is 8.75. The number of amides is 1. The Balaban J connectivity index is 1.94. The minimum absolute atomic E-state index is 0.0582. The molecular weight excluding hydrogens is 306 g/mol. The van der Waals surface area contributed by atoms with Crippen molar-refractivity contribution in [3.63, 3.8) is 0 Å². The van der Waals surface area contributed by atoms with Crippen LogP contribution in [0.1, 0.15) is 51.5 Å². The van der Waals surface area contributed by atoms with Gasteiger partial charge in [0.1, 0.15) is 6.10 Å². The van der Waals surface area contributed by atoms with E-state index in [2.05, 4.69) is 12.2 Å². The van der Waals surface area contributed by atoms with E-state index in [9.17, 15) is 9.59 Å². The lowest BCUT2D eigenvalue weighted by Crippen LogP contribution is -2.35. The zero-order valence-electron chi connectivity index (χ0n) is 14.5. The smallest absolute Gasteiger partial charge is 0.307 e. The molecule has 132 valence electrons. The van der Waals surface area contributed by atoms with Crippen molar-refractivity contribution in [2.75, 3.05) is 5.32 Å². The average molecular weight is 333 g/mol. The van der Waals surface area contributed by atoms with Crippen LogP contribution in [0.4, 0.5) is 5.69 Å². The zero-order valence-corrected chi connectivity index (χ0v) is 14.5. The summed E-state index contributed by atoms with van der Waals surface area (Å²) in [5.74, 6) is -0.403. The maximum Gasteiger partial charge on any atom is 0.307 e. The van der Waals surface area contributed by atoms with Gasteiger partial charge >= 0.3 is 5.97 Å². The highest BCUT2D eigenvalue weighted by Gasteiger charge is 2.25. The van der Waals surface area contributed by atoms with Crippen molar-refractivity contribution in [1.82, 2.24) is 0 Å². The molecule has 0 aliphatic heterocycles. The second kappa shape index (κ2) is 8.83. The number of carboxylic acid groups (broad SMARTS) is 1. The summed E-state index contributed by atoms with van der Waals surface area (Å²) in [5, 5.41) is 11.7. The molecule has 0 aromatic heterocycles. The summed E-state index contributed by atoms with van der Waals surface area (Å²) < 4.78 is 6.03. The molecule has 5 heteroatoms. The molecule has 3 unspecified atom stereocenters. The Morgan fingerprint density at radius 2 is 2.17 bits per heavy atom. The van der Waals surface area contributed by atoms with E-state index in [1.54, 1.807) is 24.3 Å². The number of ether oxygens (including phenoxy) is 1. The van der Waals surface area contributed by atoms with Gasteiger partial charge in [0, 0.05) is 5.69 Å². The normalized spacial score (nSPS) is 21.9. The Bertz CT molecular complexity index is 572. The molecule has 1 amide bonds. The molecule has 1 aromatic rings. The number of carboxylic acids is 1. The van der Waals surface area contributed by atoms with Gasteiger partial charge in [-0.3, -0.25) is 9.59 Å². The fraction of sp³-hybridized carbons (Fsp3) is 0.579. The Kier molecular flexibility index (Phi) is 6.79. The first kappa shape index (κ1) is 18.5. The van der Waals surface area contributed by atoms with Crippen molar-refractivity contribution in [1.29, 1.82) is 0 Å². The van der Waals surface area contributed by atoms with Gasteiger partial charge in [0.05, 0.1) is 12.5 Å². The van der Waals surface area contributed by atoms with E-state index in [-0.39, 0.29) is 18.4 Å². The number of hydrogen-bond acceptors (Lipinski definition) is 3. The average Bonchev–Trinajstić information content (AvgIpc) is 2.52. The summed E-state index contributed by atoms with van der Waals surface area (Å²) in [5.41, 5.74) is 1.27. The van der Waals surface area contributed by atoms with Crippen molar-refractivity contribution in [2.45, 2.75) is 64.6 Å². The van der Waals surface area contributed by atoms with Gasteiger partial charge in [0.2, 0.25) is 0 Å². The molecule has 1 saturated carbocycles. The number of carbonyl (C=O) groups is 2. The van der Waals surface area contributed by atoms with Gasteiger partial charge in [-0.25, -0.2) is 0 Å². The van der Waals surface area contributed by atoms with Crippen molar-refractivity contribution < 1.29 is 19.4 Å². The highest BCUT2D eigenvalue weighted by Crippen LogP contribution is 2.27. The van der Waals surface area contributed by atoms with Crippen LogP contribution in [0, 0.1) is 5.92 Å². The van der Waals surface area contributed by atoms with Crippen LogP contribution in [0.3, 0.4) is 0 Å². The Labute approximate surface area is 143 Å². The molecule has 24 heavy (non-hydrogen) atoms. The first-order valence-electron chi connectivity index (χ1n) is 8.75. The van der Waals surface area contributed by atoms with Crippen LogP contribution in [0.15, 0.2) is 24.3 Å². The van der Waals surface area contributed by atoms with Gasteiger partial charge in [-0.15, -0.1) is 0 Å². The molecule has 0 radical (unpaired) electrons. The lowest BCUT2D eigenvalue weighted by Gasteiger charge is -2.29. The number of anilines is 1. The van der Waals surface area contributed by atoms with Gasteiger partial charge in [-0.05, 0) is 42.9 Å². The van der Waals surface area contributed by atoms with E-state index in [1.165, 1.54) is 6.42 Å². The van der Waals surface area contributed by atoms with Gasteiger partial charge in [0.25, 0.3) is 5.91 Å². The SMILES string of the molecule is CCC(OC1CCCC(C)C1)C(=O)Nc1cccc(CC(=O)O)c1. The molecule has 0 heterocycles. The van der Waals surface area contributed by atoms with Crippen LogP contribution in [0.25, 0.3) is 0 Å². The van der Waals surface area contributed by atoms with Gasteiger partial charge < -0.3 is 15.2 Å². The highest BCUT2D eigenvalue weighted by atomic mass is 16.5. The highest BCUT2D eigenvalue weighted by molar-refractivity contribution is 5.94. The summed E-state index contributed by atoms with van der Waals surface area (Å²) in [6.07, 6.45) is 4.66. The summed E-state index contributed by atoms with van der Waals surface area (Å²) in [4.78, 5) is 23.3. The molecular formula is C19H27NO4. The van der Waals surface area contributed by atoms with Crippen LogP contribution in [0.5, 0.6) is 0 Å². The number of carbonyl (C=O) groups excluding carboxylic acids is 1.